The fraction of sp³-hybridized carbons (Fsp3) is 0.471. The van der Waals surface area contributed by atoms with Gasteiger partial charge in [0.15, 0.2) is 17.9 Å². The van der Waals surface area contributed by atoms with Crippen LogP contribution in [0.4, 0.5) is 24.8 Å². The van der Waals surface area contributed by atoms with Crippen LogP contribution in [0.25, 0.3) is 11.3 Å². The minimum Gasteiger partial charge on any atom is -0.431 e. The lowest BCUT2D eigenvalue weighted by Gasteiger charge is -2.21. The van der Waals surface area contributed by atoms with E-state index in [4.69, 9.17) is 5.73 Å². The molecule has 2 aliphatic rings. The van der Waals surface area contributed by atoms with Gasteiger partial charge in [-0.25, -0.2) is 19.3 Å². The second-order valence-corrected chi connectivity index (χ2v) is 6.50. The summed E-state index contributed by atoms with van der Waals surface area (Å²) in [5.41, 5.74) is 6.55. The van der Waals surface area contributed by atoms with Gasteiger partial charge in [-0.1, -0.05) is 0 Å². The Kier molecular flexibility index (Phi) is 4.29. The van der Waals surface area contributed by atoms with Gasteiger partial charge in [0.1, 0.15) is 11.6 Å². The molecular formula is C17H18F3N5O. The number of anilines is 2. The molecule has 0 radical (unpaired) electrons. The van der Waals surface area contributed by atoms with Crippen LogP contribution in [0.2, 0.25) is 0 Å². The molecule has 1 saturated carbocycles. The normalized spacial score (nSPS) is 20.0. The molecule has 9 heteroatoms. The molecule has 1 saturated heterocycles. The molecule has 4 rings (SSSR count). The van der Waals surface area contributed by atoms with Crippen molar-refractivity contribution < 1.29 is 17.9 Å². The Morgan fingerprint density at radius 1 is 1.19 bits per heavy atom. The molecular weight excluding hydrogens is 347 g/mol. The minimum absolute atomic E-state index is 0.130. The van der Waals surface area contributed by atoms with E-state index in [1.165, 1.54) is 12.3 Å². The largest absolute Gasteiger partial charge is 0.431 e. The third-order valence-electron chi connectivity index (χ3n) is 4.54. The Balaban J connectivity index is 1.74. The van der Waals surface area contributed by atoms with Gasteiger partial charge in [0, 0.05) is 30.3 Å². The molecule has 2 aromatic rings. The van der Waals surface area contributed by atoms with Gasteiger partial charge >= 0.3 is 6.61 Å². The Morgan fingerprint density at radius 2 is 2.00 bits per heavy atom. The van der Waals surface area contributed by atoms with Crippen LogP contribution >= 0.6 is 0 Å². The summed E-state index contributed by atoms with van der Waals surface area (Å²) in [6.45, 7) is -2.42. The van der Waals surface area contributed by atoms with E-state index in [9.17, 15) is 13.2 Å². The van der Waals surface area contributed by atoms with Crippen molar-refractivity contribution in [1.82, 2.24) is 15.0 Å². The van der Waals surface area contributed by atoms with Gasteiger partial charge in [-0.3, -0.25) is 0 Å². The summed E-state index contributed by atoms with van der Waals surface area (Å²) in [7, 11) is 0. The topological polar surface area (TPSA) is 77.2 Å². The molecule has 3 heterocycles. The van der Waals surface area contributed by atoms with Crippen molar-refractivity contribution in [3.8, 4) is 17.0 Å². The molecule has 1 aliphatic carbocycles. The molecule has 0 aromatic carbocycles. The molecule has 0 spiro atoms. The molecule has 138 valence electrons. The van der Waals surface area contributed by atoms with Gasteiger partial charge in [0.05, 0.1) is 5.69 Å². The van der Waals surface area contributed by atoms with E-state index >= 15 is 0 Å². The molecule has 0 bridgehead atoms. The van der Waals surface area contributed by atoms with Crippen LogP contribution in [0.5, 0.6) is 5.75 Å². The van der Waals surface area contributed by atoms with Gasteiger partial charge in [-0.2, -0.15) is 8.78 Å². The molecule has 1 aliphatic heterocycles. The molecule has 26 heavy (non-hydrogen) atoms. The van der Waals surface area contributed by atoms with E-state index in [0.29, 0.717) is 35.9 Å². The van der Waals surface area contributed by atoms with Gasteiger partial charge in [-0.05, 0) is 31.7 Å². The third kappa shape index (κ3) is 3.38. The van der Waals surface area contributed by atoms with Crippen molar-refractivity contribution in [2.24, 2.45) is 0 Å². The van der Waals surface area contributed by atoms with E-state index in [1.807, 2.05) is 0 Å². The van der Waals surface area contributed by atoms with Crippen molar-refractivity contribution in [3.63, 3.8) is 0 Å². The van der Waals surface area contributed by atoms with Crippen LogP contribution in [0.1, 0.15) is 37.4 Å². The first-order chi connectivity index (χ1) is 12.5. The van der Waals surface area contributed by atoms with Crippen LogP contribution in [-0.4, -0.2) is 34.4 Å². The number of halogens is 3. The highest BCUT2D eigenvalue weighted by molar-refractivity contribution is 5.66. The summed E-state index contributed by atoms with van der Waals surface area (Å²) >= 11 is 0. The lowest BCUT2D eigenvalue weighted by atomic mass is 10.2. The fourth-order valence-corrected chi connectivity index (χ4v) is 3.04. The van der Waals surface area contributed by atoms with Crippen molar-refractivity contribution in [2.45, 2.75) is 44.5 Å². The van der Waals surface area contributed by atoms with Crippen LogP contribution in [-0.2, 0) is 0 Å². The number of alkyl halides is 3. The average Bonchev–Trinajstić information content (AvgIpc) is 3.37. The number of nitrogen functional groups attached to an aromatic ring is 1. The number of pyridine rings is 1. The third-order valence-corrected chi connectivity index (χ3v) is 4.54. The Morgan fingerprint density at radius 3 is 2.65 bits per heavy atom. The van der Waals surface area contributed by atoms with Crippen molar-refractivity contribution in [2.75, 3.05) is 17.2 Å². The van der Waals surface area contributed by atoms with Crippen LogP contribution in [0.15, 0.2) is 18.3 Å². The summed E-state index contributed by atoms with van der Waals surface area (Å²) in [4.78, 5) is 14.6. The molecule has 6 nitrogen and oxygen atoms in total. The van der Waals surface area contributed by atoms with Crippen molar-refractivity contribution >= 4 is 11.6 Å². The van der Waals surface area contributed by atoms with Crippen molar-refractivity contribution in [3.05, 3.63) is 24.2 Å². The highest BCUT2D eigenvalue weighted by Gasteiger charge is 2.31. The maximum absolute atomic E-state index is 14.2. The quantitative estimate of drug-likeness (QED) is 0.818. The van der Waals surface area contributed by atoms with Gasteiger partial charge in [0.2, 0.25) is 0 Å². The van der Waals surface area contributed by atoms with Crippen molar-refractivity contribution in [1.29, 1.82) is 0 Å². The number of aromatic nitrogens is 3. The lowest BCUT2D eigenvalue weighted by Crippen LogP contribution is -2.26. The SMILES string of the molecule is Nc1ncc(-c2cc(N3CCCC3F)nc(C3CC3)n2)cc1OC(F)F. The van der Waals surface area contributed by atoms with E-state index in [-0.39, 0.29) is 17.5 Å². The smallest absolute Gasteiger partial charge is 0.387 e. The molecule has 2 fully saturated rings. The predicted octanol–water partition coefficient (Wildman–Crippen LogP) is 3.50. The first kappa shape index (κ1) is 16.9. The van der Waals surface area contributed by atoms with E-state index < -0.39 is 12.9 Å². The zero-order chi connectivity index (χ0) is 18.3. The Hall–Kier alpha value is -2.58. The summed E-state index contributed by atoms with van der Waals surface area (Å²) in [5, 5.41) is 0. The summed E-state index contributed by atoms with van der Waals surface area (Å²) in [6, 6.07) is 3.03. The summed E-state index contributed by atoms with van der Waals surface area (Å²) in [5.74, 6) is 1.07. The predicted molar refractivity (Wildman–Crippen MR) is 89.8 cm³/mol. The van der Waals surface area contributed by atoms with E-state index in [1.54, 1.807) is 11.0 Å². The van der Waals surface area contributed by atoms with Crippen LogP contribution < -0.4 is 15.4 Å². The lowest BCUT2D eigenvalue weighted by molar-refractivity contribution is -0.0494. The second kappa shape index (κ2) is 6.62. The second-order valence-electron chi connectivity index (χ2n) is 6.50. The molecule has 2 N–H and O–H groups in total. The fourth-order valence-electron chi connectivity index (χ4n) is 3.04. The molecule has 1 unspecified atom stereocenters. The monoisotopic (exact) mass is 365 g/mol. The Bertz CT molecular complexity index is 815. The number of nitrogens with two attached hydrogens (primary N) is 1. The number of hydrogen-bond donors (Lipinski definition) is 1. The zero-order valence-corrected chi connectivity index (χ0v) is 13.9. The zero-order valence-electron chi connectivity index (χ0n) is 13.9. The number of nitrogens with zero attached hydrogens (tertiary/aromatic N) is 4. The maximum atomic E-state index is 14.2. The number of rotatable bonds is 5. The number of ether oxygens (including phenoxy) is 1. The number of hydrogen-bond acceptors (Lipinski definition) is 6. The van der Waals surface area contributed by atoms with Gasteiger partial charge in [-0.15, -0.1) is 0 Å². The summed E-state index contributed by atoms with van der Waals surface area (Å²) < 4.78 is 43.6. The maximum Gasteiger partial charge on any atom is 0.387 e. The Labute approximate surface area is 148 Å². The molecule has 0 amide bonds. The minimum atomic E-state index is -3.01. The van der Waals surface area contributed by atoms with Gasteiger partial charge in [0.25, 0.3) is 0 Å². The van der Waals surface area contributed by atoms with E-state index in [2.05, 4.69) is 19.7 Å². The molecule has 1 atom stereocenters. The van der Waals surface area contributed by atoms with Crippen LogP contribution in [0.3, 0.4) is 0 Å². The standard InChI is InChI=1S/C17H18F3N5O/c18-13-2-1-5-25(13)14-7-11(23-16(24-14)9-3-4-9)10-6-12(26-17(19)20)15(21)22-8-10/h6-9,13,17H,1-5H2,(H2,21,22). The average molecular weight is 365 g/mol. The first-order valence-corrected chi connectivity index (χ1v) is 8.51. The van der Waals surface area contributed by atoms with E-state index in [0.717, 1.165) is 19.3 Å². The first-order valence-electron chi connectivity index (χ1n) is 8.51. The highest BCUT2D eigenvalue weighted by atomic mass is 19.3. The van der Waals surface area contributed by atoms with Crippen LogP contribution in [0, 0.1) is 0 Å². The highest BCUT2D eigenvalue weighted by Crippen LogP contribution is 2.40. The van der Waals surface area contributed by atoms with Gasteiger partial charge < -0.3 is 15.4 Å². The summed E-state index contributed by atoms with van der Waals surface area (Å²) in [6.07, 6.45) is 3.56. The molecule has 2 aromatic heterocycles.